The van der Waals surface area contributed by atoms with Crippen molar-refractivity contribution in [2.45, 2.75) is 6.54 Å². The van der Waals surface area contributed by atoms with Crippen molar-refractivity contribution in [1.82, 2.24) is 15.0 Å². The van der Waals surface area contributed by atoms with E-state index in [1.807, 2.05) is 36.4 Å². The van der Waals surface area contributed by atoms with E-state index in [9.17, 15) is 9.59 Å². The number of anilines is 1. The van der Waals surface area contributed by atoms with Crippen LogP contribution in [0.4, 0.5) is 5.82 Å². The molecule has 1 aromatic heterocycles. The van der Waals surface area contributed by atoms with E-state index in [4.69, 9.17) is 34.7 Å². The lowest BCUT2D eigenvalue weighted by Gasteiger charge is -2.11. The van der Waals surface area contributed by atoms with E-state index < -0.39 is 5.91 Å². The largest absolute Gasteiger partial charge is 0.382 e. The first-order valence-corrected chi connectivity index (χ1v) is 9.61. The van der Waals surface area contributed by atoms with Crippen molar-refractivity contribution in [3.8, 4) is 0 Å². The fourth-order valence-corrected chi connectivity index (χ4v) is 3.98. The van der Waals surface area contributed by atoms with Gasteiger partial charge in [0.25, 0.3) is 5.91 Å². The molecule has 0 aliphatic heterocycles. The fraction of sp³-hybridized carbons (Fsp3) is 0.0476. The molecule has 0 unspecified atom stereocenters. The van der Waals surface area contributed by atoms with Gasteiger partial charge in [0.15, 0.2) is 17.3 Å². The number of aromatic nitrogens is 3. The smallest absolute Gasteiger partial charge is 0.273 e. The van der Waals surface area contributed by atoms with Gasteiger partial charge in [0.05, 0.1) is 22.2 Å². The number of hydrogen-bond donors (Lipinski definition) is 2. The van der Waals surface area contributed by atoms with Gasteiger partial charge < -0.3 is 11.5 Å². The van der Waals surface area contributed by atoms with Crippen molar-refractivity contribution >= 4 is 51.5 Å². The highest BCUT2D eigenvalue weighted by atomic mass is 35.5. The van der Waals surface area contributed by atoms with Crippen molar-refractivity contribution in [3.63, 3.8) is 0 Å². The van der Waals surface area contributed by atoms with Crippen LogP contribution < -0.4 is 11.5 Å². The average Bonchev–Trinajstić information content (AvgIpc) is 3.07. The van der Waals surface area contributed by atoms with Gasteiger partial charge in [-0.25, -0.2) is 4.68 Å². The molecule has 0 aliphatic carbocycles. The Morgan fingerprint density at radius 2 is 1.67 bits per heavy atom. The Morgan fingerprint density at radius 1 is 1.00 bits per heavy atom. The summed E-state index contributed by atoms with van der Waals surface area (Å²) < 4.78 is 1.30. The number of carbonyl (C=O) groups is 2. The molecular weight excluding hydrogens is 425 g/mol. The summed E-state index contributed by atoms with van der Waals surface area (Å²) in [5, 5.41) is 9.64. The Balaban J connectivity index is 1.71. The van der Waals surface area contributed by atoms with Gasteiger partial charge in [-0.3, -0.25) is 9.59 Å². The first-order chi connectivity index (χ1) is 14.4. The van der Waals surface area contributed by atoms with E-state index in [1.54, 1.807) is 18.2 Å². The summed E-state index contributed by atoms with van der Waals surface area (Å²) in [5.41, 5.74) is 12.3. The highest BCUT2D eigenvalue weighted by Gasteiger charge is 2.21. The molecule has 0 aliphatic rings. The predicted octanol–water partition coefficient (Wildman–Crippen LogP) is 3.70. The van der Waals surface area contributed by atoms with Gasteiger partial charge in [0, 0.05) is 5.56 Å². The second kappa shape index (κ2) is 7.78. The van der Waals surface area contributed by atoms with Crippen LogP contribution in [0.25, 0.3) is 10.8 Å². The zero-order valence-corrected chi connectivity index (χ0v) is 17.0. The van der Waals surface area contributed by atoms with Crippen LogP contribution >= 0.6 is 23.2 Å². The van der Waals surface area contributed by atoms with Crippen molar-refractivity contribution in [2.75, 3.05) is 5.73 Å². The predicted molar refractivity (Wildman–Crippen MR) is 116 cm³/mol. The molecular formula is C21H15Cl2N5O2. The van der Waals surface area contributed by atoms with Crippen molar-refractivity contribution in [3.05, 3.63) is 87.0 Å². The molecule has 1 amide bonds. The van der Waals surface area contributed by atoms with Crippen molar-refractivity contribution < 1.29 is 9.59 Å². The molecule has 4 aromatic rings. The monoisotopic (exact) mass is 439 g/mol. The number of hydrogen-bond acceptors (Lipinski definition) is 5. The van der Waals surface area contributed by atoms with E-state index in [0.29, 0.717) is 11.1 Å². The van der Waals surface area contributed by atoms with Crippen LogP contribution in [0.2, 0.25) is 10.0 Å². The van der Waals surface area contributed by atoms with Crippen LogP contribution in [0.15, 0.2) is 54.6 Å². The fourth-order valence-electron chi connectivity index (χ4n) is 3.28. The minimum absolute atomic E-state index is 0.0330. The molecule has 0 spiro atoms. The van der Waals surface area contributed by atoms with Gasteiger partial charge in [0.1, 0.15) is 0 Å². The Bertz CT molecular complexity index is 1290. The molecule has 9 heteroatoms. The van der Waals surface area contributed by atoms with Crippen molar-refractivity contribution in [2.24, 2.45) is 5.73 Å². The van der Waals surface area contributed by atoms with Crippen LogP contribution in [-0.2, 0) is 6.54 Å². The maximum Gasteiger partial charge on any atom is 0.273 e. The number of nitrogen functional groups attached to an aromatic ring is 1. The quantitative estimate of drug-likeness (QED) is 0.459. The second-order valence-corrected chi connectivity index (χ2v) is 7.45. The lowest BCUT2D eigenvalue weighted by atomic mass is 9.96. The van der Waals surface area contributed by atoms with Gasteiger partial charge in [-0.05, 0) is 28.5 Å². The minimum atomic E-state index is -0.772. The van der Waals surface area contributed by atoms with Gasteiger partial charge in [-0.15, -0.1) is 5.10 Å². The van der Waals surface area contributed by atoms with Gasteiger partial charge in [-0.2, -0.15) is 0 Å². The van der Waals surface area contributed by atoms with Crippen LogP contribution in [0.3, 0.4) is 0 Å². The molecule has 0 fully saturated rings. The van der Waals surface area contributed by atoms with Gasteiger partial charge in [-0.1, -0.05) is 70.9 Å². The number of halogens is 2. The molecule has 1 heterocycles. The van der Waals surface area contributed by atoms with E-state index in [2.05, 4.69) is 10.3 Å². The Labute approximate surface area is 181 Å². The average molecular weight is 440 g/mol. The number of primary amides is 1. The Kier molecular flexibility index (Phi) is 5.15. The number of nitrogens with zero attached hydrogens (tertiary/aromatic N) is 3. The number of ketones is 1. The molecule has 0 bridgehead atoms. The molecule has 0 saturated carbocycles. The number of benzene rings is 3. The third kappa shape index (κ3) is 3.49. The van der Waals surface area contributed by atoms with E-state index in [1.165, 1.54) is 4.68 Å². The molecule has 4 rings (SSSR count). The SMILES string of the molecule is NC(=O)c1nnn(Cc2cc(Cl)c(C(=O)c3cccc4ccccc34)c(Cl)c2)c1N. The van der Waals surface area contributed by atoms with E-state index in [0.717, 1.165) is 10.8 Å². The summed E-state index contributed by atoms with van der Waals surface area (Å²) in [4.78, 5) is 24.5. The standard InChI is InChI=1S/C21H15Cl2N5O2/c22-15-8-11(10-28-20(24)18(21(25)30)26-27-28)9-16(23)17(15)19(29)14-7-3-5-12-4-1-2-6-13(12)14/h1-9H,10,24H2,(H2,25,30). The third-order valence-electron chi connectivity index (χ3n) is 4.70. The number of carbonyl (C=O) groups excluding carboxylic acids is 2. The molecule has 3 aromatic carbocycles. The number of fused-ring (bicyclic) bond motifs is 1. The molecule has 7 nitrogen and oxygen atoms in total. The number of nitrogens with two attached hydrogens (primary N) is 2. The zero-order chi connectivity index (χ0) is 21.4. The first-order valence-electron chi connectivity index (χ1n) is 8.86. The maximum absolute atomic E-state index is 13.2. The maximum atomic E-state index is 13.2. The molecule has 0 saturated heterocycles. The molecule has 0 atom stereocenters. The van der Waals surface area contributed by atoms with Crippen LogP contribution in [0, 0.1) is 0 Å². The molecule has 0 radical (unpaired) electrons. The Morgan fingerprint density at radius 3 is 2.33 bits per heavy atom. The topological polar surface area (TPSA) is 117 Å². The van der Waals surface area contributed by atoms with Crippen LogP contribution in [0.5, 0.6) is 0 Å². The second-order valence-electron chi connectivity index (χ2n) is 6.64. The van der Waals surface area contributed by atoms with Crippen molar-refractivity contribution in [1.29, 1.82) is 0 Å². The normalized spacial score (nSPS) is 11.0. The Hall–Kier alpha value is -3.42. The number of amides is 1. The minimum Gasteiger partial charge on any atom is -0.382 e. The molecule has 150 valence electrons. The molecule has 30 heavy (non-hydrogen) atoms. The lowest BCUT2D eigenvalue weighted by molar-refractivity contribution is 0.0994. The summed E-state index contributed by atoms with van der Waals surface area (Å²) >= 11 is 12.9. The highest BCUT2D eigenvalue weighted by Crippen LogP contribution is 2.31. The third-order valence-corrected chi connectivity index (χ3v) is 5.30. The summed E-state index contributed by atoms with van der Waals surface area (Å²) in [6.07, 6.45) is 0. The summed E-state index contributed by atoms with van der Waals surface area (Å²) in [6, 6.07) is 16.3. The first kappa shape index (κ1) is 19.9. The zero-order valence-electron chi connectivity index (χ0n) is 15.5. The highest BCUT2D eigenvalue weighted by molar-refractivity contribution is 6.41. The van der Waals surface area contributed by atoms with E-state index >= 15 is 0 Å². The van der Waals surface area contributed by atoms with E-state index in [-0.39, 0.29) is 39.4 Å². The number of rotatable bonds is 5. The van der Waals surface area contributed by atoms with Crippen LogP contribution in [0.1, 0.15) is 32.0 Å². The summed E-state index contributed by atoms with van der Waals surface area (Å²) in [7, 11) is 0. The summed E-state index contributed by atoms with van der Waals surface area (Å²) in [6.45, 7) is 0.147. The lowest BCUT2D eigenvalue weighted by Crippen LogP contribution is -2.15. The van der Waals surface area contributed by atoms with Gasteiger partial charge in [0.2, 0.25) is 0 Å². The van der Waals surface area contributed by atoms with Gasteiger partial charge >= 0.3 is 0 Å². The van der Waals surface area contributed by atoms with Crippen LogP contribution in [-0.4, -0.2) is 26.7 Å². The molecule has 4 N–H and O–H groups in total. The summed E-state index contributed by atoms with van der Waals surface area (Å²) in [5.74, 6) is -1.01.